The van der Waals surface area contributed by atoms with Crippen LogP contribution in [0.2, 0.25) is 5.02 Å². The molecule has 0 saturated carbocycles. The van der Waals surface area contributed by atoms with Gasteiger partial charge >= 0.3 is 0 Å². The predicted molar refractivity (Wildman–Crippen MR) is 129 cm³/mol. The number of amides is 1. The third-order valence-electron chi connectivity index (χ3n) is 5.50. The molecule has 1 atom stereocenters. The minimum absolute atomic E-state index is 0.0840. The molecular weight excluding hydrogens is 428 g/mol. The molecule has 1 heterocycles. The Morgan fingerprint density at radius 1 is 0.871 bits per heavy atom. The zero-order valence-corrected chi connectivity index (χ0v) is 18.7. The lowest BCUT2D eigenvalue weighted by Gasteiger charge is -2.36. The van der Waals surface area contributed by atoms with Crippen molar-refractivity contribution >= 4 is 35.0 Å². The average molecular weight is 453 g/mol. The lowest BCUT2D eigenvalue weighted by Crippen LogP contribution is -2.49. The summed E-state index contributed by atoms with van der Waals surface area (Å²) in [6.07, 6.45) is 0. The smallest absolute Gasteiger partial charge is 0.232 e. The van der Waals surface area contributed by atoms with Crippen LogP contribution in [0.5, 0.6) is 5.75 Å². The number of rotatable bonds is 6. The number of nitrogens with zero attached hydrogens (tertiary/aromatic N) is 2. The van der Waals surface area contributed by atoms with Gasteiger partial charge < -0.3 is 14.9 Å². The van der Waals surface area contributed by atoms with Crippen LogP contribution in [0.25, 0.3) is 0 Å². The molecule has 0 aliphatic carbocycles. The van der Waals surface area contributed by atoms with E-state index in [9.17, 15) is 9.90 Å². The summed E-state index contributed by atoms with van der Waals surface area (Å²) in [5, 5.41) is 10.3. The number of aromatic hydroxyl groups is 1. The van der Waals surface area contributed by atoms with E-state index in [0.717, 1.165) is 24.3 Å². The van der Waals surface area contributed by atoms with E-state index in [1.54, 1.807) is 23.9 Å². The molecule has 0 radical (unpaired) electrons. The Labute approximate surface area is 192 Å². The maximum atomic E-state index is 12.9. The van der Waals surface area contributed by atoms with Crippen LogP contribution in [-0.2, 0) is 4.79 Å². The molecule has 4 rings (SSSR count). The van der Waals surface area contributed by atoms with E-state index >= 15 is 0 Å². The lowest BCUT2D eigenvalue weighted by molar-refractivity contribution is -0.128. The minimum Gasteiger partial charge on any atom is -0.508 e. The van der Waals surface area contributed by atoms with E-state index in [2.05, 4.69) is 17.0 Å². The van der Waals surface area contributed by atoms with Crippen molar-refractivity contribution in [3.63, 3.8) is 0 Å². The molecule has 1 aliphatic heterocycles. The zero-order valence-electron chi connectivity index (χ0n) is 17.2. The summed E-state index contributed by atoms with van der Waals surface area (Å²) in [6, 6.07) is 25.4. The zero-order chi connectivity index (χ0) is 21.6. The normalized spacial score (nSPS) is 15.0. The summed E-state index contributed by atoms with van der Waals surface area (Å²) in [6.45, 7) is 3.00. The molecule has 1 amide bonds. The fraction of sp³-hybridized carbons (Fsp3) is 0.240. The van der Waals surface area contributed by atoms with E-state index < -0.39 is 0 Å². The second-order valence-electron chi connectivity index (χ2n) is 7.54. The van der Waals surface area contributed by atoms with Crippen LogP contribution in [0.4, 0.5) is 5.69 Å². The molecule has 3 aromatic rings. The van der Waals surface area contributed by atoms with Gasteiger partial charge in [0.15, 0.2) is 0 Å². The van der Waals surface area contributed by atoms with Gasteiger partial charge in [0, 0.05) is 36.9 Å². The van der Waals surface area contributed by atoms with Crippen LogP contribution in [0, 0.1) is 0 Å². The van der Waals surface area contributed by atoms with Crippen molar-refractivity contribution in [2.75, 3.05) is 36.8 Å². The second-order valence-corrected chi connectivity index (χ2v) is 9.07. The fourth-order valence-corrected chi connectivity index (χ4v) is 5.09. The summed E-state index contributed by atoms with van der Waals surface area (Å²) in [5.74, 6) is 0.870. The molecule has 0 spiro atoms. The number of benzene rings is 3. The highest BCUT2D eigenvalue weighted by Gasteiger charge is 2.23. The Morgan fingerprint density at radius 3 is 2.13 bits per heavy atom. The van der Waals surface area contributed by atoms with Gasteiger partial charge in [-0.05, 0) is 47.5 Å². The quantitative estimate of drug-likeness (QED) is 0.557. The van der Waals surface area contributed by atoms with Crippen molar-refractivity contribution in [1.82, 2.24) is 4.90 Å². The highest BCUT2D eigenvalue weighted by atomic mass is 35.5. The van der Waals surface area contributed by atoms with Gasteiger partial charge in [0.25, 0.3) is 0 Å². The fourth-order valence-electron chi connectivity index (χ4n) is 3.77. The molecule has 1 fully saturated rings. The van der Waals surface area contributed by atoms with Gasteiger partial charge in [-0.3, -0.25) is 4.79 Å². The number of anilines is 1. The average Bonchev–Trinajstić information content (AvgIpc) is 2.81. The number of thioether (sulfide) groups is 1. The Hall–Kier alpha value is -2.63. The van der Waals surface area contributed by atoms with Gasteiger partial charge in [-0.25, -0.2) is 0 Å². The number of hydrogen-bond donors (Lipinski definition) is 1. The molecule has 1 N–H and O–H groups in total. The van der Waals surface area contributed by atoms with Gasteiger partial charge in [-0.15, -0.1) is 11.8 Å². The molecule has 4 nitrogen and oxygen atoms in total. The molecule has 0 bridgehead atoms. The summed E-state index contributed by atoms with van der Waals surface area (Å²) in [5.41, 5.74) is 3.40. The van der Waals surface area contributed by atoms with Crippen LogP contribution < -0.4 is 4.90 Å². The molecule has 1 saturated heterocycles. The van der Waals surface area contributed by atoms with Crippen LogP contribution in [-0.4, -0.2) is 47.8 Å². The molecule has 31 heavy (non-hydrogen) atoms. The van der Waals surface area contributed by atoms with Gasteiger partial charge in [0.05, 0.1) is 11.0 Å². The Balaban J connectivity index is 1.37. The lowest BCUT2D eigenvalue weighted by atomic mass is 10.0. The molecular formula is C25H25ClN2O2S. The SMILES string of the molecule is O=C(CSC(c1ccccc1)c1ccc(Cl)cc1)N1CCN(c2ccc(O)cc2)CC1. The summed E-state index contributed by atoms with van der Waals surface area (Å²) in [4.78, 5) is 17.1. The first kappa shape index (κ1) is 21.6. The number of carbonyl (C=O) groups excluding carboxylic acids is 1. The number of halogens is 1. The summed E-state index contributed by atoms with van der Waals surface area (Å²) < 4.78 is 0. The molecule has 1 unspecified atom stereocenters. The molecule has 1 aliphatic rings. The number of carbonyl (C=O) groups is 1. The van der Waals surface area contributed by atoms with E-state index in [-0.39, 0.29) is 16.9 Å². The van der Waals surface area contributed by atoms with Crippen molar-refractivity contribution in [2.24, 2.45) is 0 Å². The van der Waals surface area contributed by atoms with E-state index in [0.29, 0.717) is 23.9 Å². The third-order valence-corrected chi connectivity index (χ3v) is 7.04. The highest BCUT2D eigenvalue weighted by Crippen LogP contribution is 2.36. The Kier molecular flexibility index (Phi) is 7.05. The Morgan fingerprint density at radius 2 is 1.48 bits per heavy atom. The van der Waals surface area contributed by atoms with E-state index in [1.165, 1.54) is 5.56 Å². The van der Waals surface area contributed by atoms with Gasteiger partial charge in [0.2, 0.25) is 5.91 Å². The van der Waals surface area contributed by atoms with Crippen LogP contribution in [0.3, 0.4) is 0 Å². The number of phenolic OH excluding ortho intramolecular Hbond substituents is 1. The topological polar surface area (TPSA) is 43.8 Å². The Bertz CT molecular complexity index is 988. The summed E-state index contributed by atoms with van der Waals surface area (Å²) in [7, 11) is 0. The molecule has 3 aromatic carbocycles. The number of hydrogen-bond acceptors (Lipinski definition) is 4. The maximum absolute atomic E-state index is 12.9. The largest absolute Gasteiger partial charge is 0.508 e. The monoisotopic (exact) mass is 452 g/mol. The van der Waals surface area contributed by atoms with Gasteiger partial charge in [-0.2, -0.15) is 0 Å². The van der Waals surface area contributed by atoms with Crippen molar-refractivity contribution in [1.29, 1.82) is 0 Å². The van der Waals surface area contributed by atoms with Gasteiger partial charge in [-0.1, -0.05) is 54.1 Å². The van der Waals surface area contributed by atoms with Crippen molar-refractivity contribution < 1.29 is 9.90 Å². The van der Waals surface area contributed by atoms with Crippen molar-refractivity contribution in [2.45, 2.75) is 5.25 Å². The minimum atomic E-state index is 0.0840. The number of phenols is 1. The van der Waals surface area contributed by atoms with Gasteiger partial charge in [0.1, 0.15) is 5.75 Å². The first-order chi connectivity index (χ1) is 15.1. The van der Waals surface area contributed by atoms with Crippen LogP contribution >= 0.6 is 23.4 Å². The van der Waals surface area contributed by atoms with Crippen molar-refractivity contribution in [3.8, 4) is 5.75 Å². The molecule has 6 heteroatoms. The first-order valence-corrected chi connectivity index (χ1v) is 11.8. The third kappa shape index (κ3) is 5.54. The molecule has 0 aromatic heterocycles. The van der Waals surface area contributed by atoms with Crippen LogP contribution in [0.1, 0.15) is 16.4 Å². The maximum Gasteiger partial charge on any atom is 0.232 e. The molecule has 160 valence electrons. The van der Waals surface area contributed by atoms with E-state index in [4.69, 9.17) is 11.6 Å². The number of piperazine rings is 1. The van der Waals surface area contributed by atoms with Crippen molar-refractivity contribution in [3.05, 3.63) is 95.0 Å². The van der Waals surface area contributed by atoms with Crippen LogP contribution in [0.15, 0.2) is 78.9 Å². The standard InChI is InChI=1S/C25H25ClN2O2S/c26-21-8-6-20(7-9-21)25(19-4-2-1-3-5-19)31-18-24(30)28-16-14-27(15-17-28)22-10-12-23(29)13-11-22/h1-13,25,29H,14-18H2. The first-order valence-electron chi connectivity index (χ1n) is 10.3. The second kappa shape index (κ2) is 10.1. The summed E-state index contributed by atoms with van der Waals surface area (Å²) >= 11 is 7.73. The van der Waals surface area contributed by atoms with E-state index in [1.807, 2.05) is 59.5 Å². The predicted octanol–water partition coefficient (Wildman–Crippen LogP) is 5.22. The highest BCUT2D eigenvalue weighted by molar-refractivity contribution is 8.00.